The summed E-state index contributed by atoms with van der Waals surface area (Å²) in [5.41, 5.74) is 5.85. The van der Waals surface area contributed by atoms with Gasteiger partial charge in [0.15, 0.2) is 5.76 Å². The number of benzene rings is 2. The molecule has 1 aliphatic rings. The number of carbonyl (C=O) groups excluding carboxylic acids is 2. The van der Waals surface area contributed by atoms with Crippen molar-refractivity contribution >= 4 is 12.1 Å². The number of hydrogen-bond acceptors (Lipinski definition) is 6. The molecule has 1 aliphatic carbocycles. The molecule has 4 rings (SSSR count). The molecule has 1 atom stereocenters. The predicted octanol–water partition coefficient (Wildman–Crippen LogP) is 7.05. The Bertz CT molecular complexity index is 1360. The maximum absolute atomic E-state index is 12.4. The molecule has 1 aromatic heterocycles. The van der Waals surface area contributed by atoms with Crippen LogP contribution in [0, 0.1) is 6.92 Å². The quantitative estimate of drug-likeness (QED) is 0.224. The van der Waals surface area contributed by atoms with Crippen LogP contribution in [0.25, 0.3) is 22.5 Å². The number of carbonyl (C=O) groups is 2. The molecule has 0 saturated heterocycles. The number of nitrogens with one attached hydrogen (secondary N) is 1. The molecule has 1 fully saturated rings. The van der Waals surface area contributed by atoms with Gasteiger partial charge in [0, 0.05) is 5.56 Å². The molecular weight excluding hydrogens is 492 g/mol. The van der Waals surface area contributed by atoms with Crippen molar-refractivity contribution in [1.82, 2.24) is 10.5 Å². The maximum atomic E-state index is 12.4. The minimum Gasteiger partial charge on any atom is -0.465 e. The molecule has 0 bridgehead atoms. The summed E-state index contributed by atoms with van der Waals surface area (Å²) >= 11 is 0. The van der Waals surface area contributed by atoms with Crippen molar-refractivity contribution in [2.45, 2.75) is 65.5 Å². The molecule has 7 nitrogen and oxygen atoms in total. The van der Waals surface area contributed by atoms with E-state index in [0.29, 0.717) is 18.1 Å². The second-order valence-corrected chi connectivity index (χ2v) is 9.76. The number of alkyl carbamates (subject to hydrolysis) is 1. The van der Waals surface area contributed by atoms with E-state index in [2.05, 4.69) is 10.5 Å². The van der Waals surface area contributed by atoms with Gasteiger partial charge in [-0.1, -0.05) is 71.9 Å². The summed E-state index contributed by atoms with van der Waals surface area (Å²) in [7, 11) is 0. The number of ether oxygens (including phenoxy) is 2. The molecule has 1 saturated carbocycles. The van der Waals surface area contributed by atoms with Crippen LogP contribution in [-0.2, 0) is 26.3 Å². The van der Waals surface area contributed by atoms with E-state index < -0.39 is 11.5 Å². The zero-order valence-electron chi connectivity index (χ0n) is 23.2. The Morgan fingerprint density at radius 3 is 2.21 bits per heavy atom. The number of amides is 1. The smallest absolute Gasteiger partial charge is 0.407 e. The van der Waals surface area contributed by atoms with E-state index in [4.69, 9.17) is 14.0 Å². The van der Waals surface area contributed by atoms with E-state index >= 15 is 0 Å². The number of aromatic nitrogens is 1. The Labute approximate surface area is 229 Å². The van der Waals surface area contributed by atoms with E-state index in [9.17, 15) is 9.59 Å². The van der Waals surface area contributed by atoms with Gasteiger partial charge in [0.2, 0.25) is 0 Å². The van der Waals surface area contributed by atoms with Crippen LogP contribution in [0.15, 0.2) is 76.9 Å². The zero-order chi connectivity index (χ0) is 28.0. The van der Waals surface area contributed by atoms with Crippen molar-refractivity contribution < 1.29 is 23.6 Å². The van der Waals surface area contributed by atoms with Crippen molar-refractivity contribution in [3.05, 3.63) is 89.2 Å². The second kappa shape index (κ2) is 12.2. The van der Waals surface area contributed by atoms with Gasteiger partial charge in [-0.05, 0) is 69.7 Å². The molecule has 1 N–H and O–H groups in total. The van der Waals surface area contributed by atoms with Gasteiger partial charge in [-0.15, -0.1) is 0 Å². The average molecular weight is 529 g/mol. The lowest BCUT2D eigenvalue weighted by Crippen LogP contribution is -2.34. The summed E-state index contributed by atoms with van der Waals surface area (Å²) in [6.07, 6.45) is 7.00. The molecule has 1 amide bonds. The first-order chi connectivity index (χ1) is 18.8. The fraction of sp³-hybridized carbons (Fsp3) is 0.344. The fourth-order valence-electron chi connectivity index (χ4n) is 4.71. The van der Waals surface area contributed by atoms with Crippen molar-refractivity contribution in [3.63, 3.8) is 0 Å². The third kappa shape index (κ3) is 6.14. The van der Waals surface area contributed by atoms with E-state index in [1.54, 1.807) is 0 Å². The third-order valence-corrected chi connectivity index (χ3v) is 7.19. The molecule has 0 spiro atoms. The summed E-state index contributed by atoms with van der Waals surface area (Å²) in [6.45, 7) is 9.88. The number of esters is 1. The van der Waals surface area contributed by atoms with E-state index in [0.717, 1.165) is 46.2 Å². The zero-order valence-corrected chi connectivity index (χ0v) is 23.2. The summed E-state index contributed by atoms with van der Waals surface area (Å²) < 4.78 is 16.4. The molecular formula is C32H36N2O5. The lowest BCUT2D eigenvalue weighted by atomic mass is 9.93. The Kier molecular flexibility index (Phi) is 8.69. The number of allylic oxidation sites excluding steroid dienone is 2. The predicted molar refractivity (Wildman–Crippen MR) is 151 cm³/mol. The first-order valence-corrected chi connectivity index (χ1v) is 13.4. The number of rotatable bonds is 10. The average Bonchev–Trinajstić information content (AvgIpc) is 3.68. The Morgan fingerprint density at radius 1 is 1.03 bits per heavy atom. The van der Waals surface area contributed by atoms with E-state index in [1.165, 1.54) is 0 Å². The summed E-state index contributed by atoms with van der Waals surface area (Å²) in [6, 6.07) is 15.9. The van der Waals surface area contributed by atoms with Crippen molar-refractivity contribution in [2.75, 3.05) is 6.61 Å². The van der Waals surface area contributed by atoms with Gasteiger partial charge in [-0.2, -0.15) is 0 Å². The first-order valence-electron chi connectivity index (χ1n) is 13.4. The van der Waals surface area contributed by atoms with Gasteiger partial charge in [-0.25, -0.2) is 4.79 Å². The highest BCUT2D eigenvalue weighted by Gasteiger charge is 2.52. The van der Waals surface area contributed by atoms with Crippen LogP contribution in [0.1, 0.15) is 57.4 Å². The van der Waals surface area contributed by atoms with Crippen LogP contribution >= 0.6 is 0 Å². The van der Waals surface area contributed by atoms with Crippen LogP contribution in [0.3, 0.4) is 0 Å². The number of hydrogen-bond donors (Lipinski definition) is 1. The first kappa shape index (κ1) is 27.9. The molecule has 39 heavy (non-hydrogen) atoms. The molecule has 1 unspecified atom stereocenters. The Morgan fingerprint density at radius 2 is 1.64 bits per heavy atom. The minimum atomic E-state index is -0.507. The Balaban J connectivity index is 1.43. The van der Waals surface area contributed by atoms with Crippen LogP contribution in [0.4, 0.5) is 4.79 Å². The van der Waals surface area contributed by atoms with Crippen LogP contribution in [0.2, 0.25) is 0 Å². The fourth-order valence-corrected chi connectivity index (χ4v) is 4.71. The van der Waals surface area contributed by atoms with Crippen molar-refractivity contribution in [1.29, 1.82) is 0 Å². The monoisotopic (exact) mass is 528 g/mol. The topological polar surface area (TPSA) is 90.7 Å². The van der Waals surface area contributed by atoms with Gasteiger partial charge in [0.1, 0.15) is 6.61 Å². The third-order valence-electron chi connectivity index (χ3n) is 7.19. The molecule has 1 heterocycles. The van der Waals surface area contributed by atoms with E-state index in [-0.39, 0.29) is 18.6 Å². The van der Waals surface area contributed by atoms with Gasteiger partial charge in [0.25, 0.3) is 0 Å². The van der Waals surface area contributed by atoms with E-state index in [1.807, 2.05) is 101 Å². The second-order valence-electron chi connectivity index (χ2n) is 9.76. The van der Waals surface area contributed by atoms with Gasteiger partial charge in [0.05, 0.1) is 29.3 Å². The highest BCUT2D eigenvalue weighted by atomic mass is 16.6. The highest BCUT2D eigenvalue weighted by molar-refractivity contribution is 5.87. The summed E-state index contributed by atoms with van der Waals surface area (Å²) in [5, 5.41) is 6.96. The molecule has 3 aromatic rings. The molecule has 204 valence electrons. The van der Waals surface area contributed by atoms with Crippen LogP contribution in [0.5, 0.6) is 0 Å². The van der Waals surface area contributed by atoms with Gasteiger partial charge < -0.3 is 19.3 Å². The number of nitrogens with zero attached hydrogens (tertiary/aromatic N) is 1. The normalized spacial score (nSPS) is 15.2. The molecule has 7 heteroatoms. The van der Waals surface area contributed by atoms with Crippen molar-refractivity contribution in [3.8, 4) is 22.5 Å². The highest BCUT2D eigenvalue weighted by Crippen LogP contribution is 2.49. The lowest BCUT2D eigenvalue weighted by molar-refractivity contribution is -0.146. The van der Waals surface area contributed by atoms with Crippen molar-refractivity contribution in [2.24, 2.45) is 0 Å². The summed E-state index contributed by atoms with van der Waals surface area (Å²) in [5.74, 6) is 0.441. The standard InChI is InChI=1S/C32H36N2O5/c1-6-9-23(7-2)21(4)33-31(36)38-20-28-22(5)34-39-29(28)26-12-10-24(11-13-26)25-14-16-27(17-15-25)32(18-19-32)30(35)37-8-3/h6-7,9-17,21H,8,18-20H2,1-5H3,(H,33,36)/b9-6-,23-7+. The van der Waals surface area contributed by atoms with Crippen LogP contribution in [-0.4, -0.2) is 29.9 Å². The maximum Gasteiger partial charge on any atom is 0.407 e. The van der Waals surface area contributed by atoms with Gasteiger partial charge >= 0.3 is 12.1 Å². The SMILES string of the molecule is C/C=C\C(=C/C)C(C)NC(=O)OCc1c(C)noc1-c1ccc(-c2ccc(C3(C(=O)OCC)CC3)cc2)cc1. The van der Waals surface area contributed by atoms with Crippen LogP contribution < -0.4 is 5.32 Å². The molecule has 2 aromatic carbocycles. The summed E-state index contributed by atoms with van der Waals surface area (Å²) in [4.78, 5) is 24.8. The number of aryl methyl sites for hydroxylation is 1. The molecule has 0 aliphatic heterocycles. The molecule has 0 radical (unpaired) electrons. The minimum absolute atomic E-state index is 0.0451. The Hall–Kier alpha value is -4.13. The largest absolute Gasteiger partial charge is 0.465 e. The lowest BCUT2D eigenvalue weighted by Gasteiger charge is -2.15. The van der Waals surface area contributed by atoms with Gasteiger partial charge in [-0.3, -0.25) is 4.79 Å².